The predicted octanol–water partition coefficient (Wildman–Crippen LogP) is 13.5. The summed E-state index contributed by atoms with van der Waals surface area (Å²) in [4.78, 5) is 0. The SMILES string of the molecule is C[C@H](CCC[C@@H](C)C/C=C/C[C@@H](C)/C=C/C[C@@H](C)CC[C@H]1[C@@H](C)CCCC1(C)C)CC[C@H]1[C@H](C)CCCC1(C)C. The van der Waals surface area contributed by atoms with Gasteiger partial charge in [-0.05, 0) is 103 Å². The van der Waals surface area contributed by atoms with Gasteiger partial charge in [0.25, 0.3) is 0 Å². The van der Waals surface area contributed by atoms with E-state index >= 15 is 0 Å². The Morgan fingerprint density at radius 2 is 1.05 bits per heavy atom. The second kappa shape index (κ2) is 17.6. The Morgan fingerprint density at radius 3 is 1.60 bits per heavy atom. The van der Waals surface area contributed by atoms with Crippen LogP contribution in [-0.2, 0) is 0 Å². The van der Waals surface area contributed by atoms with Crippen LogP contribution in [-0.4, -0.2) is 0 Å². The summed E-state index contributed by atoms with van der Waals surface area (Å²) in [6.45, 7) is 25.0. The second-order valence-corrected chi connectivity index (χ2v) is 16.9. The number of hydrogen-bond acceptors (Lipinski definition) is 0. The zero-order chi connectivity index (χ0) is 29.8. The van der Waals surface area contributed by atoms with E-state index in [0.717, 1.165) is 41.4 Å². The van der Waals surface area contributed by atoms with E-state index in [2.05, 4.69) is 93.5 Å². The van der Waals surface area contributed by atoms with E-state index in [1.165, 1.54) is 103 Å². The van der Waals surface area contributed by atoms with Crippen molar-refractivity contribution < 1.29 is 0 Å². The van der Waals surface area contributed by atoms with Crippen molar-refractivity contribution in [2.45, 2.75) is 172 Å². The molecule has 0 saturated heterocycles. The minimum atomic E-state index is 0.550. The summed E-state index contributed by atoms with van der Waals surface area (Å²) in [5.74, 6) is 6.90. The first-order valence-electron chi connectivity index (χ1n) is 18.1. The quantitative estimate of drug-likeness (QED) is 0.157. The molecule has 0 aliphatic heterocycles. The molecule has 2 aliphatic rings. The van der Waals surface area contributed by atoms with Crippen molar-refractivity contribution in [1.82, 2.24) is 0 Å². The summed E-state index contributed by atoms with van der Waals surface area (Å²) in [5.41, 5.74) is 1.11. The minimum Gasteiger partial charge on any atom is -0.0883 e. The largest absolute Gasteiger partial charge is 0.0883 e. The average Bonchev–Trinajstić information content (AvgIpc) is 2.85. The van der Waals surface area contributed by atoms with Crippen LogP contribution in [0.15, 0.2) is 24.3 Å². The zero-order valence-electron chi connectivity index (χ0n) is 29.2. The highest BCUT2D eigenvalue weighted by Crippen LogP contribution is 2.47. The Bertz CT molecular complexity index is 722. The average molecular weight is 555 g/mol. The molecule has 8 atom stereocenters. The van der Waals surface area contributed by atoms with E-state index < -0.39 is 0 Å². The first kappa shape index (κ1) is 35.7. The maximum absolute atomic E-state index is 2.53. The molecule has 0 radical (unpaired) electrons. The maximum atomic E-state index is 2.53. The molecule has 2 fully saturated rings. The summed E-state index contributed by atoms with van der Waals surface area (Å²) < 4.78 is 0. The van der Waals surface area contributed by atoms with Crippen LogP contribution in [0.25, 0.3) is 0 Å². The van der Waals surface area contributed by atoms with Gasteiger partial charge in [-0.1, -0.05) is 151 Å². The van der Waals surface area contributed by atoms with E-state index in [0.29, 0.717) is 16.7 Å². The van der Waals surface area contributed by atoms with Crippen LogP contribution in [0.2, 0.25) is 0 Å². The van der Waals surface area contributed by atoms with Crippen LogP contribution in [0.1, 0.15) is 172 Å². The van der Waals surface area contributed by atoms with E-state index in [9.17, 15) is 0 Å². The Labute approximate surface area is 254 Å². The molecule has 234 valence electrons. The van der Waals surface area contributed by atoms with Crippen molar-refractivity contribution >= 4 is 0 Å². The van der Waals surface area contributed by atoms with E-state index in [4.69, 9.17) is 0 Å². The molecule has 0 heteroatoms. The van der Waals surface area contributed by atoms with Gasteiger partial charge in [-0.2, -0.15) is 0 Å². The first-order valence-corrected chi connectivity index (χ1v) is 18.1. The molecule has 0 aromatic rings. The summed E-state index contributed by atoms with van der Waals surface area (Å²) >= 11 is 0. The van der Waals surface area contributed by atoms with Crippen LogP contribution in [0, 0.1) is 58.2 Å². The van der Waals surface area contributed by atoms with Crippen molar-refractivity contribution in [3.8, 4) is 0 Å². The molecule has 0 N–H and O–H groups in total. The molecule has 0 heterocycles. The molecular weight excluding hydrogens is 480 g/mol. The van der Waals surface area contributed by atoms with Crippen molar-refractivity contribution in [2.24, 2.45) is 58.2 Å². The Morgan fingerprint density at radius 1 is 0.600 bits per heavy atom. The van der Waals surface area contributed by atoms with Gasteiger partial charge >= 0.3 is 0 Å². The maximum Gasteiger partial charge on any atom is -0.0227 e. The van der Waals surface area contributed by atoms with Gasteiger partial charge in [0.15, 0.2) is 0 Å². The zero-order valence-corrected chi connectivity index (χ0v) is 29.2. The van der Waals surface area contributed by atoms with Gasteiger partial charge in [0.05, 0.1) is 0 Å². The molecule has 2 aliphatic carbocycles. The standard InChI is InChI=1S/C40H74/c1-31(19-13-21-33(3)25-27-37-35(5)23-15-29-39(37,7)8)17-11-12-18-32(2)20-14-22-34(4)26-28-38-36(6)24-16-30-40(38,9)10/h11-13,19,31-38H,14-18,20-30H2,1-10H3/b12-11+,19-13+/t31-,32+,33-,34-,35+,36-,37+,38+/m1/s1. The van der Waals surface area contributed by atoms with E-state index in [-0.39, 0.29) is 0 Å². The molecule has 0 unspecified atom stereocenters. The Kier molecular flexibility index (Phi) is 15.7. The van der Waals surface area contributed by atoms with Gasteiger partial charge in [0.1, 0.15) is 0 Å². The molecular formula is C40H74. The van der Waals surface area contributed by atoms with Crippen LogP contribution in [0.3, 0.4) is 0 Å². The van der Waals surface area contributed by atoms with Gasteiger partial charge in [0, 0.05) is 0 Å². The molecule has 0 aromatic heterocycles. The minimum absolute atomic E-state index is 0.550. The van der Waals surface area contributed by atoms with Crippen LogP contribution >= 0.6 is 0 Å². The normalized spacial score (nSPS) is 29.9. The molecule has 2 saturated carbocycles. The smallest absolute Gasteiger partial charge is 0.0227 e. The molecule has 2 rings (SSSR count). The second-order valence-electron chi connectivity index (χ2n) is 16.9. The Balaban J connectivity index is 1.54. The summed E-state index contributed by atoms with van der Waals surface area (Å²) in [6, 6.07) is 0. The van der Waals surface area contributed by atoms with Crippen molar-refractivity contribution in [2.75, 3.05) is 0 Å². The van der Waals surface area contributed by atoms with Gasteiger partial charge in [-0.3, -0.25) is 0 Å². The molecule has 0 nitrogen and oxygen atoms in total. The summed E-state index contributed by atoms with van der Waals surface area (Å²) in [7, 11) is 0. The van der Waals surface area contributed by atoms with Gasteiger partial charge in [-0.25, -0.2) is 0 Å². The van der Waals surface area contributed by atoms with Crippen LogP contribution < -0.4 is 0 Å². The topological polar surface area (TPSA) is 0 Å². The third kappa shape index (κ3) is 12.8. The lowest BCUT2D eigenvalue weighted by atomic mass is 9.62. The highest BCUT2D eigenvalue weighted by atomic mass is 14.4. The predicted molar refractivity (Wildman–Crippen MR) is 182 cm³/mol. The van der Waals surface area contributed by atoms with Crippen molar-refractivity contribution in [3.05, 3.63) is 24.3 Å². The number of rotatable bonds is 17. The highest BCUT2D eigenvalue weighted by Gasteiger charge is 2.37. The number of allylic oxidation sites excluding steroid dienone is 4. The van der Waals surface area contributed by atoms with Gasteiger partial charge in [0.2, 0.25) is 0 Å². The van der Waals surface area contributed by atoms with Crippen molar-refractivity contribution in [1.29, 1.82) is 0 Å². The molecule has 0 aromatic carbocycles. The lowest BCUT2D eigenvalue weighted by molar-refractivity contribution is 0.0706. The first-order chi connectivity index (χ1) is 18.8. The fourth-order valence-electron chi connectivity index (χ4n) is 8.81. The van der Waals surface area contributed by atoms with Crippen molar-refractivity contribution in [3.63, 3.8) is 0 Å². The third-order valence-corrected chi connectivity index (χ3v) is 11.9. The van der Waals surface area contributed by atoms with Gasteiger partial charge < -0.3 is 0 Å². The fraction of sp³-hybridized carbons (Fsp3) is 0.900. The Hall–Kier alpha value is -0.520. The summed E-state index contributed by atoms with van der Waals surface area (Å²) in [6.07, 6.45) is 32.2. The molecule has 0 amide bonds. The highest BCUT2D eigenvalue weighted by molar-refractivity contribution is 4.94. The lowest BCUT2D eigenvalue weighted by Crippen LogP contribution is -2.33. The molecule has 40 heavy (non-hydrogen) atoms. The van der Waals surface area contributed by atoms with Gasteiger partial charge in [-0.15, -0.1) is 0 Å². The van der Waals surface area contributed by atoms with E-state index in [1.54, 1.807) is 0 Å². The third-order valence-electron chi connectivity index (χ3n) is 11.9. The molecule has 0 bridgehead atoms. The van der Waals surface area contributed by atoms with Crippen LogP contribution in [0.5, 0.6) is 0 Å². The number of hydrogen-bond donors (Lipinski definition) is 0. The van der Waals surface area contributed by atoms with Crippen LogP contribution in [0.4, 0.5) is 0 Å². The summed E-state index contributed by atoms with van der Waals surface area (Å²) in [5, 5.41) is 0. The lowest BCUT2D eigenvalue weighted by Gasteiger charge is -2.43. The fourth-order valence-corrected chi connectivity index (χ4v) is 8.81. The van der Waals surface area contributed by atoms with E-state index in [1.807, 2.05) is 0 Å². The monoisotopic (exact) mass is 555 g/mol. The molecule has 0 spiro atoms.